The summed E-state index contributed by atoms with van der Waals surface area (Å²) in [6.07, 6.45) is 0. The van der Waals surface area contributed by atoms with Gasteiger partial charge in [0, 0.05) is 24.7 Å². The highest BCUT2D eigenvalue weighted by Gasteiger charge is 2.24. The summed E-state index contributed by atoms with van der Waals surface area (Å²) in [7, 11) is 1.71. The molecule has 2 nitrogen and oxygen atoms in total. The second-order valence-electron chi connectivity index (χ2n) is 4.66. The lowest BCUT2D eigenvalue weighted by Gasteiger charge is -2.06. The molecule has 0 N–H and O–H groups in total. The van der Waals surface area contributed by atoms with E-state index in [-0.39, 0.29) is 11.5 Å². The quantitative estimate of drug-likeness (QED) is 0.770. The van der Waals surface area contributed by atoms with Crippen molar-refractivity contribution in [2.24, 2.45) is 0 Å². The zero-order chi connectivity index (χ0) is 13.6. The molecule has 1 aliphatic rings. The predicted octanol–water partition coefficient (Wildman–Crippen LogP) is 3.22. The Balaban J connectivity index is 2.11. The molecule has 0 atom stereocenters. The molecule has 1 amide bonds. The Hall–Kier alpha value is -2.23. The van der Waals surface area contributed by atoms with Crippen molar-refractivity contribution in [3.05, 3.63) is 59.2 Å². The summed E-state index contributed by atoms with van der Waals surface area (Å²) < 4.78 is 26.9. The van der Waals surface area contributed by atoms with Gasteiger partial charge in [0.2, 0.25) is 0 Å². The van der Waals surface area contributed by atoms with Crippen LogP contribution in [0, 0.1) is 11.6 Å². The first-order chi connectivity index (χ1) is 9.06. The van der Waals surface area contributed by atoms with Gasteiger partial charge >= 0.3 is 0 Å². The summed E-state index contributed by atoms with van der Waals surface area (Å²) in [6.45, 7) is 0.499. The number of carbonyl (C=O) groups is 1. The number of carbonyl (C=O) groups excluding carboxylic acids is 1. The second-order valence-corrected chi connectivity index (χ2v) is 4.66. The van der Waals surface area contributed by atoms with Crippen LogP contribution in [0.3, 0.4) is 0 Å². The second kappa shape index (κ2) is 4.16. The van der Waals surface area contributed by atoms with Crippen LogP contribution in [0.15, 0.2) is 36.4 Å². The van der Waals surface area contributed by atoms with Crippen molar-refractivity contribution < 1.29 is 13.6 Å². The van der Waals surface area contributed by atoms with Gasteiger partial charge < -0.3 is 4.90 Å². The van der Waals surface area contributed by atoms with E-state index < -0.39 is 11.6 Å². The third kappa shape index (κ3) is 1.89. The number of halogens is 2. The van der Waals surface area contributed by atoms with Crippen molar-refractivity contribution in [2.45, 2.75) is 6.54 Å². The van der Waals surface area contributed by atoms with Crippen molar-refractivity contribution in [2.75, 3.05) is 7.05 Å². The van der Waals surface area contributed by atoms with Crippen LogP contribution in [0.1, 0.15) is 15.9 Å². The molecule has 0 unspecified atom stereocenters. The molecule has 2 aromatic rings. The van der Waals surface area contributed by atoms with E-state index in [1.165, 1.54) is 0 Å². The first-order valence-electron chi connectivity index (χ1n) is 5.90. The predicted molar refractivity (Wildman–Crippen MR) is 67.6 cm³/mol. The Morgan fingerprint density at radius 1 is 1.05 bits per heavy atom. The third-order valence-corrected chi connectivity index (χ3v) is 3.33. The first kappa shape index (κ1) is 11.8. The van der Waals surface area contributed by atoms with Crippen molar-refractivity contribution >= 4 is 5.91 Å². The minimum Gasteiger partial charge on any atom is -0.337 e. The molecule has 0 saturated heterocycles. The van der Waals surface area contributed by atoms with E-state index in [1.54, 1.807) is 30.1 Å². The molecular formula is C15H11F2NO. The van der Waals surface area contributed by atoms with E-state index in [0.29, 0.717) is 17.7 Å². The molecule has 96 valence electrons. The van der Waals surface area contributed by atoms with Crippen LogP contribution >= 0.6 is 0 Å². The number of hydrogen-bond donors (Lipinski definition) is 0. The lowest BCUT2D eigenvalue weighted by Crippen LogP contribution is -2.17. The maximum atomic E-state index is 13.7. The molecule has 2 aromatic carbocycles. The van der Waals surface area contributed by atoms with Gasteiger partial charge in [0.25, 0.3) is 5.91 Å². The average Bonchev–Trinajstić information content (AvgIpc) is 2.67. The highest BCUT2D eigenvalue weighted by Crippen LogP contribution is 2.29. The summed E-state index contributed by atoms with van der Waals surface area (Å²) in [4.78, 5) is 13.4. The molecule has 0 aromatic heterocycles. The summed E-state index contributed by atoms with van der Waals surface area (Å²) in [5.41, 5.74) is 2.26. The molecular weight excluding hydrogens is 248 g/mol. The first-order valence-corrected chi connectivity index (χ1v) is 5.90. The van der Waals surface area contributed by atoms with E-state index in [0.717, 1.165) is 23.8 Å². The van der Waals surface area contributed by atoms with Crippen molar-refractivity contribution in [3.63, 3.8) is 0 Å². The van der Waals surface area contributed by atoms with Crippen molar-refractivity contribution in [1.82, 2.24) is 4.90 Å². The molecule has 4 heteroatoms. The topological polar surface area (TPSA) is 20.3 Å². The Morgan fingerprint density at radius 3 is 2.63 bits per heavy atom. The molecule has 1 heterocycles. The Morgan fingerprint density at radius 2 is 1.84 bits per heavy atom. The maximum Gasteiger partial charge on any atom is 0.254 e. The standard InChI is InChI=1S/C15H11F2NO/c1-18-8-10-6-9(2-4-12(10)15(18)19)13-7-11(16)3-5-14(13)17/h2-7H,8H2,1H3. The molecule has 0 spiro atoms. The van der Waals surface area contributed by atoms with Crippen molar-refractivity contribution in [1.29, 1.82) is 0 Å². The molecule has 0 saturated carbocycles. The molecule has 19 heavy (non-hydrogen) atoms. The number of amides is 1. The van der Waals surface area contributed by atoms with Gasteiger partial charge in [0.1, 0.15) is 11.6 Å². The number of benzene rings is 2. The van der Waals surface area contributed by atoms with Gasteiger partial charge in [-0.2, -0.15) is 0 Å². The van der Waals surface area contributed by atoms with Crippen molar-refractivity contribution in [3.8, 4) is 11.1 Å². The zero-order valence-corrected chi connectivity index (χ0v) is 10.3. The van der Waals surface area contributed by atoms with Gasteiger partial charge in [0.05, 0.1) is 0 Å². The Bertz CT molecular complexity index is 682. The molecule has 3 rings (SSSR count). The molecule has 0 bridgehead atoms. The van der Waals surface area contributed by atoms with Crippen LogP contribution in [-0.2, 0) is 6.54 Å². The van der Waals surface area contributed by atoms with Crippen LogP contribution in [0.5, 0.6) is 0 Å². The molecule has 1 aliphatic heterocycles. The lowest BCUT2D eigenvalue weighted by atomic mass is 10.00. The largest absolute Gasteiger partial charge is 0.337 e. The van der Waals surface area contributed by atoms with E-state index in [1.807, 2.05) is 0 Å². The highest BCUT2D eigenvalue weighted by atomic mass is 19.1. The third-order valence-electron chi connectivity index (χ3n) is 3.33. The van der Waals surface area contributed by atoms with Gasteiger partial charge in [-0.05, 0) is 41.5 Å². The fourth-order valence-corrected chi connectivity index (χ4v) is 2.35. The van der Waals surface area contributed by atoms with Gasteiger partial charge in [-0.3, -0.25) is 4.79 Å². The minimum absolute atomic E-state index is 0.0405. The monoisotopic (exact) mass is 259 g/mol. The van der Waals surface area contributed by atoms with E-state index >= 15 is 0 Å². The number of fused-ring (bicyclic) bond motifs is 1. The molecule has 0 radical (unpaired) electrons. The Labute approximate surface area is 109 Å². The number of rotatable bonds is 1. The summed E-state index contributed by atoms with van der Waals surface area (Å²) in [5, 5.41) is 0. The van der Waals surface area contributed by atoms with Gasteiger partial charge in [-0.15, -0.1) is 0 Å². The van der Waals surface area contributed by atoms with Crippen LogP contribution in [0.2, 0.25) is 0 Å². The fraction of sp³-hybridized carbons (Fsp3) is 0.133. The van der Waals surface area contributed by atoms with Gasteiger partial charge in [-0.25, -0.2) is 8.78 Å². The van der Waals surface area contributed by atoms with Crippen LogP contribution < -0.4 is 0 Å². The maximum absolute atomic E-state index is 13.7. The molecule has 0 aliphatic carbocycles. The van der Waals surface area contributed by atoms with Crippen LogP contribution in [-0.4, -0.2) is 17.9 Å². The molecule has 0 fully saturated rings. The van der Waals surface area contributed by atoms with E-state index in [2.05, 4.69) is 0 Å². The average molecular weight is 259 g/mol. The Kier molecular flexibility index (Phi) is 2.59. The number of hydrogen-bond acceptors (Lipinski definition) is 1. The summed E-state index contributed by atoms with van der Waals surface area (Å²) in [5.74, 6) is -0.995. The smallest absolute Gasteiger partial charge is 0.254 e. The SMILES string of the molecule is CN1Cc2cc(-c3cc(F)ccc3F)ccc2C1=O. The van der Waals surface area contributed by atoms with Gasteiger partial charge in [-0.1, -0.05) is 6.07 Å². The summed E-state index contributed by atoms with van der Waals surface area (Å²) >= 11 is 0. The minimum atomic E-state index is -0.481. The lowest BCUT2D eigenvalue weighted by molar-refractivity contribution is 0.0816. The fourth-order valence-electron chi connectivity index (χ4n) is 2.35. The highest BCUT2D eigenvalue weighted by molar-refractivity contribution is 5.98. The van der Waals surface area contributed by atoms with Crippen LogP contribution in [0.25, 0.3) is 11.1 Å². The normalized spacial score (nSPS) is 13.8. The summed E-state index contributed by atoms with van der Waals surface area (Å²) in [6, 6.07) is 8.42. The van der Waals surface area contributed by atoms with Gasteiger partial charge in [0.15, 0.2) is 0 Å². The number of nitrogens with zero attached hydrogens (tertiary/aromatic N) is 1. The zero-order valence-electron chi connectivity index (χ0n) is 10.3. The van der Waals surface area contributed by atoms with E-state index in [4.69, 9.17) is 0 Å². The van der Waals surface area contributed by atoms with E-state index in [9.17, 15) is 13.6 Å². The van der Waals surface area contributed by atoms with Crippen LogP contribution in [0.4, 0.5) is 8.78 Å².